The van der Waals surface area contributed by atoms with Gasteiger partial charge in [-0.25, -0.2) is 4.98 Å². The van der Waals surface area contributed by atoms with E-state index in [0.29, 0.717) is 17.6 Å². The summed E-state index contributed by atoms with van der Waals surface area (Å²) in [5.41, 5.74) is 0.511. The Balaban J connectivity index is 3.12. The molecule has 0 bridgehead atoms. The van der Waals surface area contributed by atoms with Crippen molar-refractivity contribution in [1.29, 1.82) is 0 Å². The molecule has 1 aromatic heterocycles. The second kappa shape index (κ2) is 4.77. The number of aldehydes is 1. The lowest BCUT2D eigenvalue weighted by Gasteiger charge is -1.97. The van der Waals surface area contributed by atoms with Crippen molar-refractivity contribution in [3.8, 4) is 0 Å². The van der Waals surface area contributed by atoms with Crippen LogP contribution in [0.25, 0.3) is 6.08 Å². The first-order valence-electron chi connectivity index (χ1n) is 3.66. The van der Waals surface area contributed by atoms with Crippen LogP contribution in [0.2, 0.25) is 0 Å². The summed E-state index contributed by atoms with van der Waals surface area (Å²) in [5, 5.41) is 0. The van der Waals surface area contributed by atoms with Gasteiger partial charge in [-0.15, -0.1) is 0 Å². The highest BCUT2D eigenvalue weighted by atomic mass is 32.1. The molecule has 68 valence electrons. The Labute approximate surface area is 80.9 Å². The molecule has 1 rings (SSSR count). The average molecular weight is 197 g/mol. The first-order valence-corrected chi connectivity index (χ1v) is 4.30. The van der Waals surface area contributed by atoms with Crippen LogP contribution in [0.5, 0.6) is 0 Å². The minimum Gasteiger partial charge on any atom is -0.298 e. The normalized spacial score (nSPS) is 10.6. The van der Waals surface area contributed by atoms with Crippen molar-refractivity contribution >= 4 is 25.0 Å². The van der Waals surface area contributed by atoms with Gasteiger partial charge in [0.05, 0.1) is 5.56 Å². The Kier molecular flexibility index (Phi) is 3.64. The average Bonchev–Trinajstić information content (AvgIpc) is 2.15. The lowest BCUT2D eigenvalue weighted by atomic mass is 10.1. The predicted octanol–water partition coefficient (Wildman–Crippen LogP) is 1.98. The van der Waals surface area contributed by atoms with E-state index in [-0.39, 0.29) is 5.56 Å². The number of nitrogens with zero attached hydrogens (tertiary/aromatic N) is 1. The van der Waals surface area contributed by atoms with Crippen LogP contribution in [0.1, 0.15) is 15.9 Å². The van der Waals surface area contributed by atoms with Crippen LogP contribution in [0, 0.1) is 5.95 Å². The Morgan fingerprint density at radius 3 is 3.00 bits per heavy atom. The quantitative estimate of drug-likeness (QED) is 0.456. The smallest absolute Gasteiger partial charge is 0.224 e. The zero-order chi connectivity index (χ0) is 9.68. The van der Waals surface area contributed by atoms with Crippen LogP contribution in [0.4, 0.5) is 4.39 Å². The standard InChI is InChI=1S/C9H8FNOS/c10-9-8(6-12)7(2-1-5-13)3-4-11-9/h1-4,6,13H,5H2. The molecule has 0 amide bonds. The fraction of sp³-hybridized carbons (Fsp3) is 0.111. The molecule has 0 aliphatic carbocycles. The molecule has 0 aliphatic heterocycles. The van der Waals surface area contributed by atoms with Gasteiger partial charge in [-0.3, -0.25) is 4.79 Å². The lowest BCUT2D eigenvalue weighted by Crippen LogP contribution is -1.94. The fourth-order valence-corrected chi connectivity index (χ4v) is 1.01. The molecule has 0 unspecified atom stereocenters. The number of thiol groups is 1. The van der Waals surface area contributed by atoms with E-state index in [1.165, 1.54) is 6.20 Å². The number of rotatable bonds is 3. The third-order valence-electron chi connectivity index (χ3n) is 1.50. The van der Waals surface area contributed by atoms with E-state index < -0.39 is 5.95 Å². The summed E-state index contributed by atoms with van der Waals surface area (Å²) in [6.45, 7) is 0. The van der Waals surface area contributed by atoms with Crippen molar-refractivity contribution in [3.63, 3.8) is 0 Å². The van der Waals surface area contributed by atoms with Gasteiger partial charge in [0.2, 0.25) is 5.95 Å². The Hall–Kier alpha value is -1.16. The van der Waals surface area contributed by atoms with Crippen LogP contribution in [-0.4, -0.2) is 17.0 Å². The molecule has 0 aromatic carbocycles. The predicted molar refractivity (Wildman–Crippen MR) is 52.5 cm³/mol. The second-order valence-electron chi connectivity index (χ2n) is 2.31. The van der Waals surface area contributed by atoms with E-state index in [1.807, 2.05) is 0 Å². The van der Waals surface area contributed by atoms with Crippen molar-refractivity contribution in [2.45, 2.75) is 0 Å². The number of hydrogen-bond acceptors (Lipinski definition) is 3. The molecule has 0 spiro atoms. The molecule has 2 nitrogen and oxygen atoms in total. The minimum absolute atomic E-state index is 0.0134. The van der Waals surface area contributed by atoms with Crippen LogP contribution in [-0.2, 0) is 0 Å². The number of aromatic nitrogens is 1. The molecular formula is C9H8FNOS. The highest BCUT2D eigenvalue weighted by Crippen LogP contribution is 2.10. The van der Waals surface area contributed by atoms with Gasteiger partial charge in [0.25, 0.3) is 0 Å². The summed E-state index contributed by atoms with van der Waals surface area (Å²) in [7, 11) is 0. The molecule has 4 heteroatoms. The highest BCUT2D eigenvalue weighted by molar-refractivity contribution is 7.80. The van der Waals surface area contributed by atoms with E-state index in [9.17, 15) is 9.18 Å². The maximum absolute atomic E-state index is 12.9. The monoisotopic (exact) mass is 197 g/mol. The molecule has 0 atom stereocenters. The molecule has 0 fully saturated rings. The van der Waals surface area contributed by atoms with Gasteiger partial charge >= 0.3 is 0 Å². The van der Waals surface area contributed by atoms with Gasteiger partial charge in [-0.2, -0.15) is 17.0 Å². The van der Waals surface area contributed by atoms with Crippen LogP contribution in [0.15, 0.2) is 18.3 Å². The van der Waals surface area contributed by atoms with E-state index in [4.69, 9.17) is 0 Å². The zero-order valence-corrected chi connectivity index (χ0v) is 7.67. The zero-order valence-electron chi connectivity index (χ0n) is 6.77. The summed E-state index contributed by atoms with van der Waals surface area (Å²) >= 11 is 3.96. The molecule has 0 N–H and O–H groups in total. The molecule has 0 aliphatic rings. The SMILES string of the molecule is O=Cc1c(C=CCS)ccnc1F. The maximum Gasteiger partial charge on any atom is 0.224 e. The Morgan fingerprint density at radius 1 is 1.62 bits per heavy atom. The van der Waals surface area contributed by atoms with Gasteiger partial charge in [-0.1, -0.05) is 12.2 Å². The van der Waals surface area contributed by atoms with Crippen LogP contribution < -0.4 is 0 Å². The minimum atomic E-state index is -0.740. The third-order valence-corrected chi connectivity index (χ3v) is 1.71. The molecule has 0 radical (unpaired) electrons. The van der Waals surface area contributed by atoms with Crippen LogP contribution in [0.3, 0.4) is 0 Å². The van der Waals surface area contributed by atoms with Crippen molar-refractivity contribution in [1.82, 2.24) is 4.98 Å². The number of hydrogen-bond donors (Lipinski definition) is 1. The van der Waals surface area contributed by atoms with Crippen molar-refractivity contribution in [2.75, 3.05) is 5.75 Å². The van der Waals surface area contributed by atoms with E-state index in [2.05, 4.69) is 17.6 Å². The summed E-state index contributed by atoms with van der Waals surface area (Å²) in [4.78, 5) is 13.8. The van der Waals surface area contributed by atoms with E-state index >= 15 is 0 Å². The fourth-order valence-electron chi connectivity index (χ4n) is 0.903. The highest BCUT2D eigenvalue weighted by Gasteiger charge is 2.05. The molecule has 1 aromatic rings. The second-order valence-corrected chi connectivity index (χ2v) is 2.67. The first kappa shape index (κ1) is 9.92. The number of carbonyl (C=O) groups excluding carboxylic acids is 1. The number of halogens is 1. The topological polar surface area (TPSA) is 30.0 Å². The summed E-state index contributed by atoms with van der Waals surface area (Å²) in [5.74, 6) is -0.196. The summed E-state index contributed by atoms with van der Waals surface area (Å²) in [6, 6.07) is 1.58. The van der Waals surface area contributed by atoms with Gasteiger partial charge in [0, 0.05) is 11.9 Å². The van der Waals surface area contributed by atoms with Crippen LogP contribution >= 0.6 is 12.6 Å². The Morgan fingerprint density at radius 2 is 2.38 bits per heavy atom. The molecule has 1 heterocycles. The number of carbonyl (C=O) groups is 1. The molecule has 0 saturated carbocycles. The van der Waals surface area contributed by atoms with Gasteiger partial charge < -0.3 is 0 Å². The van der Waals surface area contributed by atoms with Crippen molar-refractivity contribution < 1.29 is 9.18 Å². The van der Waals surface area contributed by atoms with E-state index in [0.717, 1.165) is 0 Å². The Bertz CT molecular complexity index is 338. The molecular weight excluding hydrogens is 189 g/mol. The maximum atomic E-state index is 12.9. The molecule has 13 heavy (non-hydrogen) atoms. The third kappa shape index (κ3) is 2.39. The molecule has 0 saturated heterocycles. The summed E-state index contributed by atoms with van der Waals surface area (Å²) < 4.78 is 12.9. The number of pyridine rings is 1. The largest absolute Gasteiger partial charge is 0.298 e. The van der Waals surface area contributed by atoms with E-state index in [1.54, 1.807) is 18.2 Å². The van der Waals surface area contributed by atoms with Gasteiger partial charge in [0.15, 0.2) is 6.29 Å². The summed E-state index contributed by atoms with van der Waals surface area (Å²) in [6.07, 6.45) is 5.15. The van der Waals surface area contributed by atoms with Gasteiger partial charge in [0.1, 0.15) is 0 Å². The lowest BCUT2D eigenvalue weighted by molar-refractivity contribution is 0.111. The van der Waals surface area contributed by atoms with Crippen molar-refractivity contribution in [3.05, 3.63) is 35.4 Å². The van der Waals surface area contributed by atoms with Crippen molar-refractivity contribution in [2.24, 2.45) is 0 Å². The van der Waals surface area contributed by atoms with Gasteiger partial charge in [-0.05, 0) is 11.6 Å². The first-order chi connectivity index (χ1) is 6.29.